The molecule has 60 valence electrons. The minimum absolute atomic E-state index is 0.213. The molecule has 0 unspecified atom stereocenters. The van der Waals surface area contributed by atoms with Gasteiger partial charge in [0, 0.05) is 9.50 Å². The molecule has 1 aromatic carbocycles. The predicted molar refractivity (Wildman–Crippen MR) is 52.9 cm³/mol. The van der Waals surface area contributed by atoms with Gasteiger partial charge in [-0.05, 0) is 17.6 Å². The van der Waals surface area contributed by atoms with Crippen LogP contribution in [0.1, 0.15) is 5.56 Å². The van der Waals surface area contributed by atoms with Crippen molar-refractivity contribution >= 4 is 40.5 Å². The molecule has 1 N–H and O–H groups in total. The van der Waals surface area contributed by atoms with E-state index in [1.807, 2.05) is 6.07 Å². The van der Waals surface area contributed by atoms with Crippen LogP contribution in [-0.4, -0.2) is 12.5 Å². The summed E-state index contributed by atoms with van der Waals surface area (Å²) in [5.41, 5.74) is 0.874. The van der Waals surface area contributed by atoms with Crippen LogP contribution in [0.2, 0.25) is 5.02 Å². The maximum Gasteiger partial charge on any atom is 0.307 e. The summed E-state index contributed by atoms with van der Waals surface area (Å²) in [5.74, 6) is 0. The van der Waals surface area contributed by atoms with E-state index in [4.69, 9.17) is 21.9 Å². The Morgan fingerprint density at radius 1 is 1.58 bits per heavy atom. The van der Waals surface area contributed by atoms with Crippen molar-refractivity contribution in [3.63, 3.8) is 0 Å². The number of nitrogens with zero attached hydrogens (tertiary/aromatic N) is 1. The molecule has 2 nitrogen and oxygen atoms in total. The lowest BCUT2D eigenvalue weighted by Gasteiger charge is -2.02. The Bertz CT molecular complexity index is 350. The van der Waals surface area contributed by atoms with Crippen LogP contribution in [0.25, 0.3) is 0 Å². The summed E-state index contributed by atoms with van der Waals surface area (Å²) in [7, 11) is -0.213. The summed E-state index contributed by atoms with van der Waals surface area (Å²) in [6.45, 7) is 0. The van der Waals surface area contributed by atoms with Gasteiger partial charge >= 0.3 is 7.48 Å². The van der Waals surface area contributed by atoms with Crippen LogP contribution in [0.15, 0.2) is 16.6 Å². The molecule has 0 aliphatic carbocycles. The van der Waals surface area contributed by atoms with E-state index < -0.39 is 0 Å². The minimum atomic E-state index is -0.213. The molecule has 12 heavy (non-hydrogen) atoms. The Kier molecular flexibility index (Phi) is 3.16. The van der Waals surface area contributed by atoms with E-state index >= 15 is 0 Å². The summed E-state index contributed by atoms with van der Waals surface area (Å²) in [5, 5.41) is 17.9. The minimum Gasteiger partial charge on any atom is -0.449 e. The number of rotatable bonds is 1. The Morgan fingerprint density at radius 3 is 2.75 bits per heavy atom. The topological polar surface area (TPSA) is 44.0 Å². The van der Waals surface area contributed by atoms with Gasteiger partial charge in [-0.2, -0.15) is 5.26 Å². The first-order chi connectivity index (χ1) is 5.69. The van der Waals surface area contributed by atoms with Crippen molar-refractivity contribution in [1.29, 1.82) is 5.26 Å². The van der Waals surface area contributed by atoms with Crippen LogP contribution in [0, 0.1) is 11.3 Å². The van der Waals surface area contributed by atoms with Gasteiger partial charge in [-0.15, -0.1) is 0 Å². The SMILES string of the molecule is N#Cc1cc(Br)cc(Cl)c1BO. The summed E-state index contributed by atoms with van der Waals surface area (Å²) in [6.07, 6.45) is 0. The molecule has 0 aliphatic heterocycles. The van der Waals surface area contributed by atoms with Crippen molar-refractivity contribution in [2.45, 2.75) is 0 Å². The van der Waals surface area contributed by atoms with Gasteiger partial charge in [0.05, 0.1) is 11.6 Å². The van der Waals surface area contributed by atoms with Crippen molar-refractivity contribution in [1.82, 2.24) is 0 Å². The molecule has 0 radical (unpaired) electrons. The maximum absolute atomic E-state index is 8.87. The van der Waals surface area contributed by atoms with Crippen molar-refractivity contribution in [3.05, 3.63) is 27.2 Å². The zero-order valence-corrected chi connectivity index (χ0v) is 8.35. The first-order valence-corrected chi connectivity index (χ1v) is 4.35. The fraction of sp³-hybridized carbons (Fsp3) is 0. The largest absolute Gasteiger partial charge is 0.449 e. The molecule has 5 heteroatoms. The summed E-state index contributed by atoms with van der Waals surface area (Å²) in [6, 6.07) is 5.22. The van der Waals surface area contributed by atoms with Crippen LogP contribution in [-0.2, 0) is 0 Å². The van der Waals surface area contributed by atoms with Gasteiger partial charge in [-0.25, -0.2) is 0 Å². The molecule has 1 rings (SSSR count). The van der Waals surface area contributed by atoms with E-state index in [1.165, 1.54) is 0 Å². The summed E-state index contributed by atoms with van der Waals surface area (Å²) in [4.78, 5) is 0. The lowest BCUT2D eigenvalue weighted by Crippen LogP contribution is -2.18. The molecular formula is C7H4BBrClNO. The highest BCUT2D eigenvalue weighted by Crippen LogP contribution is 2.16. The van der Waals surface area contributed by atoms with E-state index in [-0.39, 0.29) is 7.48 Å². The van der Waals surface area contributed by atoms with Gasteiger partial charge in [-0.1, -0.05) is 27.5 Å². The second-order valence-electron chi connectivity index (χ2n) is 2.18. The van der Waals surface area contributed by atoms with Crippen molar-refractivity contribution < 1.29 is 5.02 Å². The first-order valence-electron chi connectivity index (χ1n) is 3.18. The molecule has 0 saturated heterocycles. The highest BCUT2D eigenvalue weighted by molar-refractivity contribution is 9.10. The third-order valence-electron chi connectivity index (χ3n) is 1.44. The average Bonchev–Trinajstić information content (AvgIpc) is 2.03. The molecule has 0 saturated carbocycles. The number of hydrogen-bond acceptors (Lipinski definition) is 2. The molecule has 0 aliphatic rings. The van der Waals surface area contributed by atoms with Crippen molar-refractivity contribution in [3.8, 4) is 6.07 Å². The molecule has 1 aromatic rings. The third kappa shape index (κ3) is 1.81. The Balaban J connectivity index is 3.36. The molecule has 0 bridgehead atoms. The quantitative estimate of drug-likeness (QED) is 0.747. The van der Waals surface area contributed by atoms with Crippen molar-refractivity contribution in [2.24, 2.45) is 0 Å². The van der Waals surface area contributed by atoms with E-state index in [1.54, 1.807) is 12.1 Å². The van der Waals surface area contributed by atoms with Gasteiger partial charge in [0.25, 0.3) is 0 Å². The molecule has 0 aromatic heterocycles. The predicted octanol–water partition coefficient (Wildman–Crippen LogP) is 0.943. The Labute approximate surface area is 84.2 Å². The molecule has 0 spiro atoms. The number of hydrogen-bond donors (Lipinski definition) is 1. The van der Waals surface area contributed by atoms with E-state index in [2.05, 4.69) is 15.9 Å². The van der Waals surface area contributed by atoms with Crippen LogP contribution < -0.4 is 5.46 Å². The van der Waals surface area contributed by atoms with Gasteiger partial charge < -0.3 is 5.02 Å². The first kappa shape index (κ1) is 9.59. The molecule has 0 atom stereocenters. The third-order valence-corrected chi connectivity index (χ3v) is 2.23. The highest BCUT2D eigenvalue weighted by atomic mass is 79.9. The zero-order valence-electron chi connectivity index (χ0n) is 6.01. The van der Waals surface area contributed by atoms with Gasteiger partial charge in [0.15, 0.2) is 0 Å². The van der Waals surface area contributed by atoms with Crippen LogP contribution in [0.5, 0.6) is 0 Å². The van der Waals surface area contributed by atoms with E-state index in [0.717, 1.165) is 4.47 Å². The second kappa shape index (κ2) is 3.95. The number of nitriles is 1. The van der Waals surface area contributed by atoms with Gasteiger partial charge in [0.2, 0.25) is 0 Å². The number of halogens is 2. The van der Waals surface area contributed by atoms with Crippen LogP contribution in [0.4, 0.5) is 0 Å². The summed E-state index contributed by atoms with van der Waals surface area (Å²) < 4.78 is 0.737. The van der Waals surface area contributed by atoms with Gasteiger partial charge in [-0.3, -0.25) is 0 Å². The molecule has 0 amide bonds. The monoisotopic (exact) mass is 243 g/mol. The van der Waals surface area contributed by atoms with Crippen molar-refractivity contribution in [2.75, 3.05) is 0 Å². The van der Waals surface area contributed by atoms with E-state index in [9.17, 15) is 0 Å². The highest BCUT2D eigenvalue weighted by Gasteiger charge is 2.08. The zero-order chi connectivity index (χ0) is 9.14. The summed E-state index contributed by atoms with van der Waals surface area (Å²) >= 11 is 8.97. The lowest BCUT2D eigenvalue weighted by molar-refractivity contribution is 0.615. The fourth-order valence-electron chi connectivity index (χ4n) is 0.864. The Hall–Kier alpha value is -0.495. The normalized spacial score (nSPS) is 9.17. The second-order valence-corrected chi connectivity index (χ2v) is 3.51. The fourth-order valence-corrected chi connectivity index (χ4v) is 1.73. The van der Waals surface area contributed by atoms with Gasteiger partial charge in [0.1, 0.15) is 0 Å². The number of benzene rings is 1. The lowest BCUT2D eigenvalue weighted by atomic mass is 9.85. The maximum atomic E-state index is 8.87. The van der Waals surface area contributed by atoms with Crippen LogP contribution in [0.3, 0.4) is 0 Å². The van der Waals surface area contributed by atoms with Crippen LogP contribution >= 0.6 is 27.5 Å². The average molecular weight is 244 g/mol. The standard InChI is InChI=1S/C7H4BBrClNO/c9-5-1-4(3-11)7(8-12)6(10)2-5/h1-2,8,12H. The molecule has 0 heterocycles. The smallest absolute Gasteiger partial charge is 0.307 e. The van der Waals surface area contributed by atoms with E-state index in [0.29, 0.717) is 16.0 Å². The molecule has 0 fully saturated rings. The Morgan fingerprint density at radius 2 is 2.25 bits per heavy atom. The molecular weight excluding hydrogens is 240 g/mol.